The van der Waals surface area contributed by atoms with E-state index in [9.17, 15) is 9.59 Å². The first-order chi connectivity index (χ1) is 12.9. The van der Waals surface area contributed by atoms with Crippen molar-refractivity contribution in [3.63, 3.8) is 0 Å². The van der Waals surface area contributed by atoms with Gasteiger partial charge in [0.05, 0.1) is 0 Å². The Labute approximate surface area is 159 Å². The summed E-state index contributed by atoms with van der Waals surface area (Å²) >= 11 is 0. The second kappa shape index (κ2) is 7.95. The first-order valence-corrected chi connectivity index (χ1v) is 8.79. The number of aromatic nitrogens is 1. The number of carbonyl (C=O) groups is 2. The monoisotopic (exact) mass is 364 g/mol. The van der Waals surface area contributed by atoms with Gasteiger partial charge in [-0.15, -0.1) is 0 Å². The number of nitrogens with one attached hydrogen (secondary N) is 1. The van der Waals surface area contributed by atoms with E-state index in [-0.39, 0.29) is 11.9 Å². The highest BCUT2D eigenvalue weighted by Crippen LogP contribution is 2.21. The summed E-state index contributed by atoms with van der Waals surface area (Å²) in [6.07, 6.45) is 1.89. The lowest BCUT2D eigenvalue weighted by molar-refractivity contribution is -0.129. The molecule has 0 aliphatic rings. The van der Waals surface area contributed by atoms with Gasteiger partial charge in [0.2, 0.25) is 5.91 Å². The molecule has 1 N–H and O–H groups in total. The zero-order chi connectivity index (χ0) is 19.4. The van der Waals surface area contributed by atoms with Crippen LogP contribution in [0.2, 0.25) is 0 Å². The van der Waals surface area contributed by atoms with Gasteiger partial charge in [0.15, 0.2) is 0 Å². The van der Waals surface area contributed by atoms with Crippen LogP contribution in [0, 0.1) is 0 Å². The Balaban J connectivity index is 1.68. The fourth-order valence-corrected chi connectivity index (χ4v) is 2.85. The van der Waals surface area contributed by atoms with E-state index >= 15 is 0 Å². The lowest BCUT2D eigenvalue weighted by atomic mass is 10.2. The molecule has 6 heteroatoms. The summed E-state index contributed by atoms with van der Waals surface area (Å²) in [5.74, 6) is 0.0346. The molecule has 6 nitrogen and oxygen atoms in total. The van der Waals surface area contributed by atoms with E-state index in [2.05, 4.69) is 5.32 Å². The van der Waals surface area contributed by atoms with E-state index in [0.29, 0.717) is 13.1 Å². The zero-order valence-corrected chi connectivity index (χ0v) is 15.8. The molecule has 0 aliphatic carbocycles. The maximum absolute atomic E-state index is 12.4. The molecule has 3 amide bonds. The van der Waals surface area contributed by atoms with Gasteiger partial charge in [-0.3, -0.25) is 4.79 Å². The molecule has 0 radical (unpaired) electrons. The Bertz CT molecular complexity index is 947. The molecule has 0 bridgehead atoms. The van der Waals surface area contributed by atoms with Gasteiger partial charge in [-0.25, -0.2) is 4.79 Å². The molecule has 140 valence electrons. The van der Waals surface area contributed by atoms with Gasteiger partial charge in [-0.05, 0) is 29.8 Å². The van der Waals surface area contributed by atoms with E-state index in [0.717, 1.165) is 22.2 Å². The molecule has 0 atom stereocenters. The third kappa shape index (κ3) is 4.47. The average molecular weight is 364 g/mol. The number of likely N-dealkylation sites (N-methyl/N-ethyl adjacent to an activating group) is 1. The van der Waals surface area contributed by atoms with Gasteiger partial charge in [-0.2, -0.15) is 0 Å². The predicted octanol–water partition coefficient (Wildman–Crippen LogP) is 3.39. The summed E-state index contributed by atoms with van der Waals surface area (Å²) in [4.78, 5) is 27.6. The molecule has 0 aliphatic heterocycles. The Hall–Kier alpha value is -3.28. The number of hydrogen-bond donors (Lipinski definition) is 1. The molecule has 0 spiro atoms. The summed E-state index contributed by atoms with van der Waals surface area (Å²) in [5.41, 5.74) is 2.76. The van der Waals surface area contributed by atoms with Gasteiger partial charge in [0.25, 0.3) is 0 Å². The topological polar surface area (TPSA) is 57.6 Å². The van der Waals surface area contributed by atoms with Gasteiger partial charge < -0.3 is 19.7 Å². The lowest BCUT2D eigenvalue weighted by Crippen LogP contribution is -2.30. The van der Waals surface area contributed by atoms with E-state index < -0.39 is 0 Å². The van der Waals surface area contributed by atoms with Crippen molar-refractivity contribution in [2.24, 2.45) is 0 Å². The maximum Gasteiger partial charge on any atom is 0.321 e. The molecule has 3 aromatic rings. The third-order valence-corrected chi connectivity index (χ3v) is 4.44. The van der Waals surface area contributed by atoms with Crippen LogP contribution in [0.4, 0.5) is 10.5 Å². The minimum absolute atomic E-state index is 0.0346. The largest absolute Gasteiger partial charge is 0.347 e. The molecular weight excluding hydrogens is 340 g/mol. The van der Waals surface area contributed by atoms with Crippen molar-refractivity contribution >= 4 is 28.5 Å². The average Bonchev–Trinajstić information content (AvgIpc) is 3.04. The number of fused-ring (bicyclic) bond motifs is 1. The molecule has 0 saturated carbocycles. The van der Waals surface area contributed by atoms with Crippen molar-refractivity contribution in [3.05, 3.63) is 66.4 Å². The number of urea groups is 1. The van der Waals surface area contributed by atoms with Gasteiger partial charge in [0.1, 0.15) is 6.54 Å². The highest BCUT2D eigenvalue weighted by molar-refractivity contribution is 5.93. The van der Waals surface area contributed by atoms with Gasteiger partial charge >= 0.3 is 6.03 Å². The van der Waals surface area contributed by atoms with Crippen LogP contribution in [0.5, 0.6) is 0 Å². The Morgan fingerprint density at radius 2 is 1.74 bits per heavy atom. The van der Waals surface area contributed by atoms with Crippen LogP contribution in [-0.2, 0) is 17.9 Å². The smallest absolute Gasteiger partial charge is 0.321 e. The van der Waals surface area contributed by atoms with Crippen LogP contribution in [0.1, 0.15) is 5.56 Å². The SMILES string of the molecule is CN(C)C(=O)Cn1ccc2cc(NC(=O)N(C)Cc3ccccc3)ccc21. The fourth-order valence-electron chi connectivity index (χ4n) is 2.85. The maximum atomic E-state index is 12.4. The molecule has 2 aromatic carbocycles. The van der Waals surface area contributed by atoms with Crippen molar-refractivity contribution in [2.45, 2.75) is 13.1 Å². The zero-order valence-electron chi connectivity index (χ0n) is 15.8. The molecule has 0 unspecified atom stereocenters. The van der Waals surface area contributed by atoms with Crippen molar-refractivity contribution in [1.29, 1.82) is 0 Å². The van der Waals surface area contributed by atoms with Crippen LogP contribution in [0.25, 0.3) is 10.9 Å². The summed E-state index contributed by atoms with van der Waals surface area (Å²) in [7, 11) is 5.26. The van der Waals surface area contributed by atoms with E-state index in [1.54, 1.807) is 30.9 Å². The fraction of sp³-hybridized carbons (Fsp3) is 0.238. The van der Waals surface area contributed by atoms with Crippen molar-refractivity contribution in [1.82, 2.24) is 14.4 Å². The van der Waals surface area contributed by atoms with Crippen LogP contribution >= 0.6 is 0 Å². The molecular formula is C21H24N4O2. The predicted molar refractivity (Wildman–Crippen MR) is 108 cm³/mol. The van der Waals surface area contributed by atoms with Crippen LogP contribution < -0.4 is 5.32 Å². The van der Waals surface area contributed by atoms with Crippen LogP contribution in [0.3, 0.4) is 0 Å². The number of carbonyl (C=O) groups excluding carboxylic acids is 2. The number of anilines is 1. The minimum Gasteiger partial charge on any atom is -0.347 e. The van der Waals surface area contributed by atoms with Crippen LogP contribution in [-0.4, -0.2) is 47.4 Å². The Morgan fingerprint density at radius 1 is 1.00 bits per heavy atom. The summed E-state index contributed by atoms with van der Waals surface area (Å²) in [5, 5.41) is 3.90. The third-order valence-electron chi connectivity index (χ3n) is 4.44. The molecule has 1 heterocycles. The molecule has 0 saturated heterocycles. The van der Waals surface area contributed by atoms with E-state index in [4.69, 9.17) is 0 Å². The van der Waals surface area contributed by atoms with E-state index in [1.165, 1.54) is 0 Å². The molecule has 0 fully saturated rings. The molecule has 3 rings (SSSR count). The van der Waals surface area contributed by atoms with Gasteiger partial charge in [0, 0.05) is 50.5 Å². The second-order valence-corrected chi connectivity index (χ2v) is 6.78. The number of rotatable bonds is 5. The first-order valence-electron chi connectivity index (χ1n) is 8.79. The minimum atomic E-state index is -0.166. The number of amides is 3. The lowest BCUT2D eigenvalue weighted by Gasteiger charge is -2.18. The Kier molecular flexibility index (Phi) is 5.45. The number of hydrogen-bond acceptors (Lipinski definition) is 2. The highest BCUT2D eigenvalue weighted by atomic mass is 16.2. The molecule has 1 aromatic heterocycles. The quantitative estimate of drug-likeness (QED) is 0.754. The van der Waals surface area contributed by atoms with Gasteiger partial charge in [-0.1, -0.05) is 30.3 Å². The van der Waals surface area contributed by atoms with Crippen molar-refractivity contribution in [2.75, 3.05) is 26.5 Å². The van der Waals surface area contributed by atoms with Crippen molar-refractivity contribution < 1.29 is 9.59 Å². The number of nitrogens with zero attached hydrogens (tertiary/aromatic N) is 3. The number of benzene rings is 2. The van der Waals surface area contributed by atoms with E-state index in [1.807, 2.05) is 65.4 Å². The summed E-state index contributed by atoms with van der Waals surface area (Å²) in [6, 6.07) is 17.3. The first kappa shape index (κ1) is 18.5. The normalized spacial score (nSPS) is 10.6. The molecule has 27 heavy (non-hydrogen) atoms. The second-order valence-electron chi connectivity index (χ2n) is 6.78. The summed E-state index contributed by atoms with van der Waals surface area (Å²) < 4.78 is 1.91. The van der Waals surface area contributed by atoms with Crippen LogP contribution in [0.15, 0.2) is 60.8 Å². The summed E-state index contributed by atoms with van der Waals surface area (Å²) in [6.45, 7) is 0.833. The van der Waals surface area contributed by atoms with Crippen molar-refractivity contribution in [3.8, 4) is 0 Å². The standard InChI is InChI=1S/C21H24N4O2/c1-23(2)20(26)15-25-12-11-17-13-18(9-10-19(17)25)22-21(27)24(3)14-16-7-5-4-6-8-16/h4-13H,14-15H2,1-3H3,(H,22,27). The Morgan fingerprint density at radius 3 is 2.44 bits per heavy atom. The highest BCUT2D eigenvalue weighted by Gasteiger charge is 2.11.